The average Bonchev–Trinajstić information content (AvgIpc) is 3.09. The second-order valence-electron chi connectivity index (χ2n) is 4.44. The van der Waals surface area contributed by atoms with Gasteiger partial charge in [0.1, 0.15) is 4.88 Å². The van der Waals surface area contributed by atoms with E-state index in [9.17, 15) is 4.79 Å². The number of nitrogens with zero attached hydrogens (tertiary/aromatic N) is 2. The van der Waals surface area contributed by atoms with Gasteiger partial charge in [-0.05, 0) is 31.2 Å². The van der Waals surface area contributed by atoms with Crippen LogP contribution in [0, 0.1) is 6.92 Å². The van der Waals surface area contributed by atoms with E-state index >= 15 is 0 Å². The summed E-state index contributed by atoms with van der Waals surface area (Å²) in [6.07, 6.45) is 2.16. The number of hydrogen-bond acceptors (Lipinski definition) is 4. The fourth-order valence-electron chi connectivity index (χ4n) is 2.42. The van der Waals surface area contributed by atoms with Crippen LogP contribution in [0.25, 0.3) is 0 Å². The molecule has 0 radical (unpaired) electrons. The van der Waals surface area contributed by atoms with E-state index in [0.29, 0.717) is 0 Å². The first-order valence-electron chi connectivity index (χ1n) is 6.02. The van der Waals surface area contributed by atoms with E-state index < -0.39 is 0 Å². The number of aryl methyl sites for hydroxylation is 1. The molecule has 94 valence electrons. The molecule has 1 amide bonds. The molecule has 2 aromatic rings. The summed E-state index contributed by atoms with van der Waals surface area (Å²) in [4.78, 5) is 20.8. The third-order valence-electron chi connectivity index (χ3n) is 3.33. The van der Waals surface area contributed by atoms with Crippen LogP contribution < -0.4 is 0 Å². The van der Waals surface area contributed by atoms with Crippen LogP contribution in [-0.2, 0) is 0 Å². The molecular formula is C13H14N2OS2. The summed E-state index contributed by atoms with van der Waals surface area (Å²) in [5.41, 5.74) is 2.60. The molecular weight excluding hydrogens is 264 g/mol. The number of thiazole rings is 1. The molecule has 5 heteroatoms. The number of thiophene rings is 1. The van der Waals surface area contributed by atoms with Crippen LogP contribution in [0.5, 0.6) is 0 Å². The van der Waals surface area contributed by atoms with E-state index in [2.05, 4.69) is 22.5 Å². The van der Waals surface area contributed by atoms with Gasteiger partial charge in [0, 0.05) is 11.4 Å². The van der Waals surface area contributed by atoms with E-state index in [1.807, 2.05) is 11.8 Å². The molecule has 0 bridgehead atoms. The number of rotatable bonds is 2. The van der Waals surface area contributed by atoms with Crippen molar-refractivity contribution in [3.8, 4) is 0 Å². The van der Waals surface area contributed by atoms with Gasteiger partial charge < -0.3 is 4.90 Å². The van der Waals surface area contributed by atoms with Crippen molar-refractivity contribution in [3.05, 3.63) is 38.5 Å². The first-order chi connectivity index (χ1) is 8.77. The summed E-state index contributed by atoms with van der Waals surface area (Å²) in [6, 6.07) is 4.44. The fraction of sp³-hybridized carbons (Fsp3) is 0.385. The molecule has 18 heavy (non-hydrogen) atoms. The standard InChI is InChI=1S/C13H14N2OS2/c1-9-12(18-8-14-9)13(16)15-6-2-4-10(15)11-5-3-7-17-11/h3,5,7-8,10H,2,4,6H2,1H3. The maximum Gasteiger partial charge on any atom is 0.266 e. The molecule has 0 spiro atoms. The molecule has 3 rings (SSSR count). The Hall–Kier alpha value is -1.20. The summed E-state index contributed by atoms with van der Waals surface area (Å²) in [7, 11) is 0. The fourth-order valence-corrected chi connectivity index (χ4v) is 4.06. The Morgan fingerprint density at radius 1 is 1.50 bits per heavy atom. The zero-order valence-electron chi connectivity index (χ0n) is 10.1. The van der Waals surface area contributed by atoms with Crippen molar-refractivity contribution in [3.63, 3.8) is 0 Å². The van der Waals surface area contributed by atoms with E-state index in [0.717, 1.165) is 30.0 Å². The van der Waals surface area contributed by atoms with Crippen molar-refractivity contribution in [2.45, 2.75) is 25.8 Å². The molecule has 0 saturated carbocycles. The van der Waals surface area contributed by atoms with Crippen molar-refractivity contribution in [1.29, 1.82) is 0 Å². The molecule has 1 unspecified atom stereocenters. The van der Waals surface area contributed by atoms with Gasteiger partial charge in [0.25, 0.3) is 5.91 Å². The summed E-state index contributed by atoms with van der Waals surface area (Å²) < 4.78 is 0. The molecule has 0 aromatic carbocycles. The van der Waals surface area contributed by atoms with Crippen molar-refractivity contribution in [1.82, 2.24) is 9.88 Å². The molecule has 0 N–H and O–H groups in total. The van der Waals surface area contributed by atoms with E-state index in [1.165, 1.54) is 16.2 Å². The Bertz CT molecular complexity index is 547. The Morgan fingerprint density at radius 3 is 3.06 bits per heavy atom. The van der Waals surface area contributed by atoms with Gasteiger partial charge in [0.2, 0.25) is 0 Å². The van der Waals surface area contributed by atoms with Gasteiger partial charge in [0.05, 0.1) is 17.2 Å². The summed E-state index contributed by atoms with van der Waals surface area (Å²) in [6.45, 7) is 2.76. The van der Waals surface area contributed by atoms with Crippen LogP contribution in [0.15, 0.2) is 23.0 Å². The van der Waals surface area contributed by atoms with E-state index in [4.69, 9.17) is 0 Å². The van der Waals surface area contributed by atoms with Gasteiger partial charge in [-0.15, -0.1) is 22.7 Å². The highest BCUT2D eigenvalue weighted by atomic mass is 32.1. The van der Waals surface area contributed by atoms with Gasteiger partial charge in [-0.3, -0.25) is 4.79 Å². The molecule has 3 heterocycles. The zero-order valence-corrected chi connectivity index (χ0v) is 11.8. The number of amides is 1. The molecule has 3 nitrogen and oxygen atoms in total. The Morgan fingerprint density at radius 2 is 2.39 bits per heavy atom. The van der Waals surface area contributed by atoms with Crippen LogP contribution >= 0.6 is 22.7 Å². The number of aromatic nitrogens is 1. The second-order valence-corrected chi connectivity index (χ2v) is 6.27. The lowest BCUT2D eigenvalue weighted by atomic mass is 10.2. The third-order valence-corrected chi connectivity index (χ3v) is 5.22. The van der Waals surface area contributed by atoms with Crippen LogP contribution in [-0.4, -0.2) is 22.3 Å². The van der Waals surface area contributed by atoms with Gasteiger partial charge in [0.15, 0.2) is 0 Å². The van der Waals surface area contributed by atoms with Gasteiger partial charge in [-0.2, -0.15) is 0 Å². The number of carbonyl (C=O) groups excluding carboxylic acids is 1. The Balaban J connectivity index is 1.88. The third kappa shape index (κ3) is 1.97. The second kappa shape index (κ2) is 4.82. The maximum absolute atomic E-state index is 12.5. The van der Waals surface area contributed by atoms with Crippen LogP contribution in [0.4, 0.5) is 0 Å². The predicted molar refractivity (Wildman–Crippen MR) is 74.2 cm³/mol. The summed E-state index contributed by atoms with van der Waals surface area (Å²) in [5.74, 6) is 0.144. The van der Waals surface area contributed by atoms with Gasteiger partial charge >= 0.3 is 0 Å². The monoisotopic (exact) mass is 278 g/mol. The smallest absolute Gasteiger partial charge is 0.266 e. The molecule has 2 aromatic heterocycles. The minimum Gasteiger partial charge on any atom is -0.330 e. The molecule has 1 aliphatic rings. The quantitative estimate of drug-likeness (QED) is 0.842. The highest BCUT2D eigenvalue weighted by Crippen LogP contribution is 2.36. The Labute approximate surface area is 114 Å². The van der Waals surface area contributed by atoms with E-state index in [-0.39, 0.29) is 11.9 Å². The maximum atomic E-state index is 12.5. The average molecular weight is 278 g/mol. The summed E-state index contributed by atoms with van der Waals surface area (Å²) in [5, 5.41) is 2.08. The zero-order chi connectivity index (χ0) is 12.5. The summed E-state index contributed by atoms with van der Waals surface area (Å²) >= 11 is 3.18. The predicted octanol–water partition coefficient (Wildman–Crippen LogP) is 3.49. The first kappa shape index (κ1) is 11.9. The van der Waals surface area contributed by atoms with Crippen molar-refractivity contribution in [2.75, 3.05) is 6.54 Å². The molecule has 1 saturated heterocycles. The lowest BCUT2D eigenvalue weighted by Gasteiger charge is -2.23. The minimum absolute atomic E-state index is 0.144. The largest absolute Gasteiger partial charge is 0.330 e. The first-order valence-corrected chi connectivity index (χ1v) is 7.78. The lowest BCUT2D eigenvalue weighted by Crippen LogP contribution is -2.30. The normalized spacial score (nSPS) is 19.4. The molecule has 1 atom stereocenters. The number of carbonyl (C=O) groups is 1. The van der Waals surface area contributed by atoms with Crippen molar-refractivity contribution >= 4 is 28.6 Å². The highest BCUT2D eigenvalue weighted by molar-refractivity contribution is 7.12. The van der Waals surface area contributed by atoms with Crippen LogP contribution in [0.2, 0.25) is 0 Å². The minimum atomic E-state index is 0.144. The highest BCUT2D eigenvalue weighted by Gasteiger charge is 2.32. The van der Waals surface area contributed by atoms with Crippen LogP contribution in [0.1, 0.15) is 39.1 Å². The van der Waals surface area contributed by atoms with Crippen molar-refractivity contribution in [2.24, 2.45) is 0 Å². The molecule has 0 aliphatic carbocycles. The number of hydrogen-bond donors (Lipinski definition) is 0. The lowest BCUT2D eigenvalue weighted by molar-refractivity contribution is 0.0742. The topological polar surface area (TPSA) is 33.2 Å². The van der Waals surface area contributed by atoms with Crippen LogP contribution in [0.3, 0.4) is 0 Å². The van der Waals surface area contributed by atoms with Gasteiger partial charge in [-0.1, -0.05) is 6.07 Å². The molecule has 1 fully saturated rings. The number of likely N-dealkylation sites (tertiary alicyclic amines) is 1. The SMILES string of the molecule is Cc1ncsc1C(=O)N1CCCC1c1cccs1. The van der Waals surface area contributed by atoms with E-state index in [1.54, 1.807) is 16.8 Å². The van der Waals surface area contributed by atoms with Crippen molar-refractivity contribution < 1.29 is 4.79 Å². The Kier molecular flexibility index (Phi) is 3.18. The molecule has 1 aliphatic heterocycles. The van der Waals surface area contributed by atoms with Gasteiger partial charge in [-0.25, -0.2) is 4.98 Å².